The number of hydrogen-bond donors (Lipinski definition) is 2. The van der Waals surface area contributed by atoms with Crippen LogP contribution in [0.3, 0.4) is 0 Å². The number of fused-ring (bicyclic) bond motifs is 1. The Balaban J connectivity index is 1.29. The zero-order chi connectivity index (χ0) is 17.9. The average molecular weight is 359 g/mol. The van der Waals surface area contributed by atoms with Crippen molar-refractivity contribution in [3.63, 3.8) is 0 Å². The van der Waals surface area contributed by atoms with Gasteiger partial charge < -0.3 is 14.7 Å². The lowest BCUT2D eigenvalue weighted by molar-refractivity contribution is 0.181. The Bertz CT molecular complexity index is 678. The first-order chi connectivity index (χ1) is 12.7. The van der Waals surface area contributed by atoms with Crippen LogP contribution in [-0.2, 0) is 0 Å². The molecule has 1 aromatic heterocycles. The lowest BCUT2D eigenvalue weighted by Gasteiger charge is -2.24. The van der Waals surface area contributed by atoms with Crippen molar-refractivity contribution in [2.75, 3.05) is 26.2 Å². The number of ether oxygens (including phenoxy) is 1. The molecule has 6 heteroatoms. The van der Waals surface area contributed by atoms with Gasteiger partial charge in [-0.15, -0.1) is 0 Å². The second-order valence-corrected chi connectivity index (χ2v) is 7.64. The molecule has 1 saturated carbocycles. The van der Waals surface area contributed by atoms with E-state index in [4.69, 9.17) is 4.74 Å². The smallest absolute Gasteiger partial charge is 0.123 e. The Kier molecular flexibility index (Phi) is 5.22. The summed E-state index contributed by atoms with van der Waals surface area (Å²) in [5, 5.41) is 16.3. The van der Waals surface area contributed by atoms with E-state index in [-0.39, 0.29) is 18.5 Å². The maximum atomic E-state index is 13.0. The van der Waals surface area contributed by atoms with Crippen molar-refractivity contribution in [1.82, 2.24) is 15.1 Å². The summed E-state index contributed by atoms with van der Waals surface area (Å²) in [6.45, 7) is 3.35. The lowest BCUT2D eigenvalue weighted by Crippen LogP contribution is -2.29. The molecule has 5 nitrogen and oxygen atoms in total. The van der Waals surface area contributed by atoms with Crippen LogP contribution in [-0.4, -0.2) is 52.5 Å². The summed E-state index contributed by atoms with van der Waals surface area (Å²) < 4.78 is 19.1. The van der Waals surface area contributed by atoms with Gasteiger partial charge in [0.15, 0.2) is 0 Å². The first kappa shape index (κ1) is 17.5. The van der Waals surface area contributed by atoms with Gasteiger partial charge in [-0.3, -0.25) is 5.10 Å². The summed E-state index contributed by atoms with van der Waals surface area (Å²) in [4.78, 5) is 2.52. The third-order valence-corrected chi connectivity index (χ3v) is 5.85. The number of aromatic amines is 1. The van der Waals surface area contributed by atoms with Crippen LogP contribution in [0, 0.1) is 17.7 Å². The fraction of sp³-hybridized carbons (Fsp3) is 0.550. The standard InChI is InChI=1S/C20H26FN3O2/c21-18-1-3-19(4-2-18)26-20-7-15-12-24(13-16(15)8-20)11-14(5-6-25)17-9-22-23-10-17/h1-4,9-10,14-16,20,25H,5-8,11-13H2,(H,22,23)/t14?,15-,16+,20?. The summed E-state index contributed by atoms with van der Waals surface area (Å²) in [6.07, 6.45) is 6.93. The highest BCUT2D eigenvalue weighted by molar-refractivity contribution is 5.22. The van der Waals surface area contributed by atoms with Gasteiger partial charge in [0.05, 0.1) is 12.3 Å². The summed E-state index contributed by atoms with van der Waals surface area (Å²) in [6, 6.07) is 6.31. The average Bonchev–Trinajstić information content (AvgIpc) is 3.33. The van der Waals surface area contributed by atoms with E-state index in [2.05, 4.69) is 15.1 Å². The molecular weight excluding hydrogens is 333 g/mol. The van der Waals surface area contributed by atoms with E-state index in [0.29, 0.717) is 17.8 Å². The highest BCUT2D eigenvalue weighted by Crippen LogP contribution is 2.40. The molecule has 0 radical (unpaired) electrons. The van der Waals surface area contributed by atoms with Crippen molar-refractivity contribution in [3.8, 4) is 5.75 Å². The number of nitrogens with one attached hydrogen (secondary N) is 1. The van der Waals surface area contributed by atoms with Gasteiger partial charge in [0, 0.05) is 38.4 Å². The van der Waals surface area contributed by atoms with E-state index in [1.54, 1.807) is 12.1 Å². The van der Waals surface area contributed by atoms with Crippen LogP contribution in [0.25, 0.3) is 0 Å². The molecule has 1 aromatic carbocycles. The number of nitrogens with zero attached hydrogens (tertiary/aromatic N) is 2. The minimum absolute atomic E-state index is 0.199. The van der Waals surface area contributed by atoms with Crippen LogP contribution in [0.1, 0.15) is 30.7 Å². The quantitative estimate of drug-likeness (QED) is 0.798. The Hall–Kier alpha value is -1.92. The van der Waals surface area contributed by atoms with E-state index in [1.807, 2.05) is 12.4 Å². The maximum Gasteiger partial charge on any atom is 0.123 e. The van der Waals surface area contributed by atoms with Crippen molar-refractivity contribution in [1.29, 1.82) is 0 Å². The minimum atomic E-state index is -0.230. The van der Waals surface area contributed by atoms with Crippen molar-refractivity contribution in [2.24, 2.45) is 11.8 Å². The number of hydrogen-bond acceptors (Lipinski definition) is 4. The summed E-state index contributed by atoms with van der Waals surface area (Å²) in [5.74, 6) is 2.19. The molecule has 1 aliphatic heterocycles. The molecule has 2 aromatic rings. The van der Waals surface area contributed by atoms with Crippen LogP contribution < -0.4 is 4.74 Å². The zero-order valence-electron chi connectivity index (χ0n) is 14.9. The zero-order valence-corrected chi connectivity index (χ0v) is 14.9. The molecular formula is C20H26FN3O2. The van der Waals surface area contributed by atoms with E-state index in [9.17, 15) is 9.50 Å². The fourth-order valence-electron chi connectivity index (χ4n) is 4.61. The normalized spacial score (nSPS) is 26.8. The number of rotatable bonds is 7. The fourth-order valence-corrected chi connectivity index (χ4v) is 4.61. The maximum absolute atomic E-state index is 13.0. The van der Waals surface area contributed by atoms with Gasteiger partial charge in [-0.25, -0.2) is 4.39 Å². The van der Waals surface area contributed by atoms with Crippen molar-refractivity contribution in [2.45, 2.75) is 31.3 Å². The molecule has 2 aliphatic rings. The van der Waals surface area contributed by atoms with Crippen molar-refractivity contribution < 1.29 is 14.2 Å². The first-order valence-corrected chi connectivity index (χ1v) is 9.45. The SMILES string of the molecule is OCCC(CN1C[C@H]2CC(Oc3ccc(F)cc3)C[C@H]2C1)c1cn[nH]c1. The number of aliphatic hydroxyl groups is 1. The topological polar surface area (TPSA) is 61.4 Å². The third-order valence-electron chi connectivity index (χ3n) is 5.85. The molecule has 4 atom stereocenters. The predicted molar refractivity (Wildman–Crippen MR) is 96.5 cm³/mol. The van der Waals surface area contributed by atoms with E-state index >= 15 is 0 Å². The summed E-state index contributed by atoms with van der Waals surface area (Å²) >= 11 is 0. The second kappa shape index (κ2) is 7.76. The van der Waals surface area contributed by atoms with Gasteiger partial charge in [0.25, 0.3) is 0 Å². The van der Waals surface area contributed by atoms with E-state index < -0.39 is 0 Å². The molecule has 2 heterocycles. The largest absolute Gasteiger partial charge is 0.490 e. The van der Waals surface area contributed by atoms with Crippen LogP contribution in [0.15, 0.2) is 36.7 Å². The Morgan fingerprint density at radius 1 is 1.23 bits per heavy atom. The number of H-pyrrole nitrogens is 1. The van der Waals surface area contributed by atoms with Crippen LogP contribution in [0.5, 0.6) is 5.75 Å². The molecule has 2 unspecified atom stereocenters. The molecule has 0 spiro atoms. The number of likely N-dealkylation sites (tertiary alicyclic amines) is 1. The third kappa shape index (κ3) is 3.91. The Labute approximate surface area is 153 Å². The molecule has 140 valence electrons. The van der Waals surface area contributed by atoms with Crippen LogP contribution in [0.4, 0.5) is 4.39 Å². The molecule has 2 fully saturated rings. The molecule has 26 heavy (non-hydrogen) atoms. The molecule has 1 aliphatic carbocycles. The molecule has 2 N–H and O–H groups in total. The second-order valence-electron chi connectivity index (χ2n) is 7.64. The molecule has 0 amide bonds. The van der Waals surface area contributed by atoms with Crippen LogP contribution >= 0.6 is 0 Å². The van der Waals surface area contributed by atoms with Crippen LogP contribution in [0.2, 0.25) is 0 Å². The highest BCUT2D eigenvalue weighted by Gasteiger charge is 2.42. The van der Waals surface area contributed by atoms with Gasteiger partial charge in [-0.2, -0.15) is 5.10 Å². The monoisotopic (exact) mass is 359 g/mol. The predicted octanol–water partition coefficient (Wildman–Crippen LogP) is 2.80. The number of aliphatic hydroxyl groups excluding tert-OH is 1. The minimum Gasteiger partial charge on any atom is -0.490 e. The van der Waals surface area contributed by atoms with Gasteiger partial charge >= 0.3 is 0 Å². The number of aromatic nitrogens is 2. The Morgan fingerprint density at radius 3 is 2.58 bits per heavy atom. The van der Waals surface area contributed by atoms with E-state index in [1.165, 1.54) is 17.7 Å². The van der Waals surface area contributed by atoms with Gasteiger partial charge in [0.2, 0.25) is 0 Å². The van der Waals surface area contributed by atoms with Gasteiger partial charge in [-0.1, -0.05) is 0 Å². The summed E-state index contributed by atoms with van der Waals surface area (Å²) in [7, 11) is 0. The van der Waals surface area contributed by atoms with E-state index in [0.717, 1.165) is 44.6 Å². The van der Waals surface area contributed by atoms with Gasteiger partial charge in [0.1, 0.15) is 11.6 Å². The summed E-state index contributed by atoms with van der Waals surface area (Å²) in [5.41, 5.74) is 1.17. The number of benzene rings is 1. The van der Waals surface area contributed by atoms with Crippen molar-refractivity contribution >= 4 is 0 Å². The lowest BCUT2D eigenvalue weighted by atomic mass is 9.98. The Morgan fingerprint density at radius 2 is 1.96 bits per heavy atom. The molecule has 1 saturated heterocycles. The van der Waals surface area contributed by atoms with Gasteiger partial charge in [-0.05, 0) is 60.9 Å². The highest BCUT2D eigenvalue weighted by atomic mass is 19.1. The molecule has 0 bridgehead atoms. The first-order valence-electron chi connectivity index (χ1n) is 9.45. The van der Waals surface area contributed by atoms with Crippen molar-refractivity contribution in [3.05, 3.63) is 48.0 Å². The molecule has 4 rings (SSSR count). The number of halogens is 1.